The maximum Gasteiger partial charge on any atom is 0.233 e. The topological polar surface area (TPSA) is 91.3 Å². The van der Waals surface area contributed by atoms with Gasteiger partial charge in [0.2, 0.25) is 23.1 Å². The molecule has 6 heteroatoms. The number of carbonyl (C=O) groups excluding carboxylic acids is 4. The molecular formula is C28H18O5S. The van der Waals surface area contributed by atoms with Crippen LogP contribution < -0.4 is 0 Å². The van der Waals surface area contributed by atoms with Crippen LogP contribution in [0.15, 0.2) is 119 Å². The summed E-state index contributed by atoms with van der Waals surface area (Å²) in [5, 5.41) is 0. The van der Waals surface area contributed by atoms with Gasteiger partial charge >= 0.3 is 0 Å². The zero-order valence-corrected chi connectivity index (χ0v) is 18.7. The number of ketones is 4. The van der Waals surface area contributed by atoms with E-state index in [4.69, 9.17) is 0 Å². The van der Waals surface area contributed by atoms with Crippen molar-refractivity contribution in [2.24, 2.45) is 0 Å². The number of hydrogen-bond acceptors (Lipinski definition) is 5. The minimum absolute atomic E-state index is 0.204. The van der Waals surface area contributed by atoms with Gasteiger partial charge in [-0.3, -0.25) is 19.2 Å². The molecule has 5 nitrogen and oxygen atoms in total. The molecule has 4 aromatic carbocycles. The predicted molar refractivity (Wildman–Crippen MR) is 128 cm³/mol. The van der Waals surface area contributed by atoms with Crippen molar-refractivity contribution >= 4 is 34.3 Å². The quantitative estimate of drug-likeness (QED) is 0.207. The van der Waals surface area contributed by atoms with Crippen LogP contribution in [-0.4, -0.2) is 27.7 Å². The van der Waals surface area contributed by atoms with Crippen molar-refractivity contribution < 1.29 is 23.7 Å². The van der Waals surface area contributed by atoms with Gasteiger partial charge in [0, 0.05) is 33.4 Å². The van der Waals surface area contributed by atoms with E-state index in [2.05, 4.69) is 0 Å². The molecule has 0 spiro atoms. The molecule has 0 amide bonds. The van der Waals surface area contributed by atoms with E-state index in [0.29, 0.717) is 20.9 Å². The average molecular weight is 467 g/mol. The van der Waals surface area contributed by atoms with Gasteiger partial charge in [-0.05, 0) is 48.5 Å². The molecule has 0 heterocycles. The van der Waals surface area contributed by atoms with E-state index in [1.54, 1.807) is 60.7 Å². The molecule has 166 valence electrons. The highest BCUT2D eigenvalue weighted by Gasteiger charge is 2.22. The molecule has 0 radical (unpaired) electrons. The van der Waals surface area contributed by atoms with Crippen molar-refractivity contribution in [2.75, 3.05) is 0 Å². The van der Waals surface area contributed by atoms with Crippen LogP contribution >= 0.6 is 0 Å². The van der Waals surface area contributed by atoms with Crippen molar-refractivity contribution in [3.63, 3.8) is 0 Å². The molecule has 0 aromatic heterocycles. The predicted octanol–water partition coefficient (Wildman–Crippen LogP) is 4.98. The van der Waals surface area contributed by atoms with Crippen LogP contribution in [0.25, 0.3) is 0 Å². The van der Waals surface area contributed by atoms with Crippen LogP contribution in [0, 0.1) is 0 Å². The lowest BCUT2D eigenvalue weighted by Crippen LogP contribution is -2.15. The first kappa shape index (κ1) is 23.0. The normalized spacial score (nSPS) is 10.6. The summed E-state index contributed by atoms with van der Waals surface area (Å²) >= 11 is -1.58. The van der Waals surface area contributed by atoms with E-state index in [1.807, 2.05) is 0 Å². The molecule has 0 saturated heterocycles. The standard InChI is InChI=1S/C28H18O5S/c29-25(19-7-3-1-4-8-19)27(31)21-11-15-23(16-12-21)34(33)24-17-13-22(14-18-24)28(32)26(30)20-9-5-2-6-10-20/h1-18H. The summed E-state index contributed by atoms with van der Waals surface area (Å²) in [4.78, 5) is 50.5. The minimum atomic E-state index is -1.58. The van der Waals surface area contributed by atoms with Gasteiger partial charge in [-0.15, -0.1) is 0 Å². The van der Waals surface area contributed by atoms with Gasteiger partial charge in [-0.1, -0.05) is 60.7 Å². The first-order chi connectivity index (χ1) is 16.5. The van der Waals surface area contributed by atoms with Crippen molar-refractivity contribution in [1.82, 2.24) is 0 Å². The Labute approximate surface area is 199 Å². The van der Waals surface area contributed by atoms with Gasteiger partial charge in [0.1, 0.15) is 0 Å². The fourth-order valence-corrected chi connectivity index (χ4v) is 4.34. The summed E-state index contributed by atoms with van der Waals surface area (Å²) in [6, 6.07) is 28.5. The monoisotopic (exact) mass is 466 g/mol. The summed E-state index contributed by atoms with van der Waals surface area (Å²) in [5.41, 5.74) is 1.02. The third-order valence-electron chi connectivity index (χ3n) is 5.15. The zero-order valence-electron chi connectivity index (χ0n) is 17.8. The third-order valence-corrected chi connectivity index (χ3v) is 6.55. The van der Waals surface area contributed by atoms with Crippen LogP contribution in [0.1, 0.15) is 41.4 Å². The Balaban J connectivity index is 1.46. The van der Waals surface area contributed by atoms with Gasteiger partial charge in [-0.2, -0.15) is 0 Å². The summed E-state index contributed by atoms with van der Waals surface area (Å²) < 4.78 is 12.9. The van der Waals surface area contributed by atoms with E-state index in [1.165, 1.54) is 48.5 Å². The highest BCUT2D eigenvalue weighted by molar-refractivity contribution is 7.91. The van der Waals surface area contributed by atoms with Gasteiger partial charge < -0.3 is 4.55 Å². The molecule has 34 heavy (non-hydrogen) atoms. The van der Waals surface area contributed by atoms with Crippen LogP contribution in [0.2, 0.25) is 0 Å². The molecular weight excluding hydrogens is 448 g/mol. The lowest BCUT2D eigenvalue weighted by molar-refractivity contribution is 0.0817. The molecule has 0 aliphatic carbocycles. The Morgan fingerprint density at radius 1 is 0.412 bits per heavy atom. The fraction of sp³-hybridized carbons (Fsp3) is 0. The van der Waals surface area contributed by atoms with E-state index in [0.717, 1.165) is 0 Å². The molecule has 0 aliphatic heterocycles. The highest BCUT2D eigenvalue weighted by atomic mass is 32.2. The zero-order chi connectivity index (χ0) is 24.1. The van der Waals surface area contributed by atoms with E-state index in [-0.39, 0.29) is 11.1 Å². The second-order valence-corrected chi connectivity index (χ2v) is 8.85. The Bertz CT molecular complexity index is 1240. The number of benzene rings is 4. The second kappa shape index (κ2) is 10.2. The number of hydrogen-bond donors (Lipinski definition) is 0. The van der Waals surface area contributed by atoms with E-state index >= 15 is 0 Å². The van der Waals surface area contributed by atoms with E-state index in [9.17, 15) is 23.7 Å². The van der Waals surface area contributed by atoms with Crippen molar-refractivity contribution in [3.05, 3.63) is 131 Å². The van der Waals surface area contributed by atoms with Gasteiger partial charge in [-0.25, -0.2) is 0 Å². The Hall–Kier alpha value is -4.13. The molecule has 0 fully saturated rings. The fourth-order valence-electron chi connectivity index (χ4n) is 3.30. The van der Waals surface area contributed by atoms with E-state index < -0.39 is 34.3 Å². The highest BCUT2D eigenvalue weighted by Crippen LogP contribution is 2.22. The van der Waals surface area contributed by atoms with Crippen molar-refractivity contribution in [3.8, 4) is 0 Å². The summed E-state index contributed by atoms with van der Waals surface area (Å²) in [5.74, 6) is -2.51. The molecule has 0 atom stereocenters. The SMILES string of the molecule is O=C(C(=O)c1ccc([S+]([O-])c2ccc(C(=O)C(=O)c3ccccc3)cc2)cc1)c1ccccc1. The molecule has 0 aliphatic rings. The summed E-state index contributed by atoms with van der Waals surface area (Å²) in [7, 11) is 0. The first-order valence-corrected chi connectivity index (χ1v) is 11.5. The van der Waals surface area contributed by atoms with Gasteiger partial charge in [0.25, 0.3) is 0 Å². The van der Waals surface area contributed by atoms with Crippen molar-refractivity contribution in [2.45, 2.75) is 9.79 Å². The largest absolute Gasteiger partial charge is 0.606 e. The summed E-state index contributed by atoms with van der Waals surface area (Å²) in [6.07, 6.45) is 0. The molecule has 4 rings (SSSR count). The van der Waals surface area contributed by atoms with Crippen LogP contribution in [-0.2, 0) is 11.2 Å². The Kier molecular flexibility index (Phi) is 6.92. The van der Waals surface area contributed by atoms with Crippen LogP contribution in [0.5, 0.6) is 0 Å². The molecule has 0 N–H and O–H groups in total. The number of Topliss-reactive ketones (excluding diaryl/α,β-unsaturated/α-hetero) is 4. The Morgan fingerprint density at radius 2 is 0.676 bits per heavy atom. The lowest BCUT2D eigenvalue weighted by atomic mass is 10.0. The van der Waals surface area contributed by atoms with Gasteiger partial charge in [0.05, 0.1) is 0 Å². The second-order valence-electron chi connectivity index (χ2n) is 7.37. The van der Waals surface area contributed by atoms with Crippen LogP contribution in [0.3, 0.4) is 0 Å². The first-order valence-electron chi connectivity index (χ1n) is 10.4. The summed E-state index contributed by atoms with van der Waals surface area (Å²) in [6.45, 7) is 0. The van der Waals surface area contributed by atoms with Crippen molar-refractivity contribution in [1.29, 1.82) is 0 Å². The molecule has 0 unspecified atom stereocenters. The van der Waals surface area contributed by atoms with Gasteiger partial charge in [0.15, 0.2) is 9.79 Å². The average Bonchev–Trinajstić information content (AvgIpc) is 2.92. The molecule has 0 bridgehead atoms. The third kappa shape index (κ3) is 4.93. The molecule has 4 aromatic rings. The Morgan fingerprint density at radius 3 is 0.971 bits per heavy atom. The number of rotatable bonds is 8. The lowest BCUT2D eigenvalue weighted by Gasteiger charge is -2.11. The maximum absolute atomic E-state index is 12.9. The molecule has 0 saturated carbocycles. The maximum atomic E-state index is 12.9. The smallest absolute Gasteiger partial charge is 0.233 e. The van der Waals surface area contributed by atoms with Crippen LogP contribution in [0.4, 0.5) is 0 Å². The minimum Gasteiger partial charge on any atom is -0.606 e. The number of carbonyl (C=O) groups is 4.